The van der Waals surface area contributed by atoms with E-state index in [-0.39, 0.29) is 10.6 Å². The van der Waals surface area contributed by atoms with Crippen LogP contribution in [0.3, 0.4) is 0 Å². The normalized spacial score (nSPS) is 12.2. The molecule has 0 fully saturated rings. The van der Waals surface area contributed by atoms with Crippen LogP contribution in [0.15, 0.2) is 59.6 Å². The minimum Gasteiger partial charge on any atom is -0.406 e. The maximum atomic E-state index is 12.2. The van der Waals surface area contributed by atoms with Crippen LogP contribution in [0, 0.1) is 0 Å². The first-order chi connectivity index (χ1) is 12.1. The Morgan fingerprint density at radius 3 is 2.08 bits per heavy atom. The maximum Gasteiger partial charge on any atom is 0.573 e. The van der Waals surface area contributed by atoms with Gasteiger partial charge in [-0.2, -0.15) is 5.10 Å². The van der Waals surface area contributed by atoms with Gasteiger partial charge in [-0.15, -0.1) is 13.2 Å². The van der Waals surface area contributed by atoms with E-state index in [2.05, 4.69) is 14.9 Å². The summed E-state index contributed by atoms with van der Waals surface area (Å²) in [5.74, 6) is -0.330. The lowest BCUT2D eigenvalue weighted by molar-refractivity contribution is -0.274. The Bertz CT molecular complexity index is 1010. The Hall–Kier alpha value is -2.85. The molecule has 1 aromatic heterocycles. The predicted octanol–water partition coefficient (Wildman–Crippen LogP) is 3.29. The number of hydrogen-bond acceptors (Lipinski definition) is 4. The average Bonchev–Trinajstić information content (AvgIpc) is 3.03. The maximum absolute atomic E-state index is 12.2. The van der Waals surface area contributed by atoms with Crippen LogP contribution < -0.4 is 9.88 Å². The van der Waals surface area contributed by atoms with Crippen LogP contribution in [0.1, 0.15) is 0 Å². The highest BCUT2D eigenvalue weighted by Crippen LogP contribution is 2.32. The number of rotatable bonds is 4. The van der Waals surface area contributed by atoms with Gasteiger partial charge in [0.1, 0.15) is 5.75 Å². The van der Waals surface area contributed by atoms with Crippen molar-refractivity contribution in [2.45, 2.75) is 11.3 Å². The Balaban J connectivity index is 1.91. The molecule has 0 aliphatic heterocycles. The van der Waals surface area contributed by atoms with Crippen LogP contribution in [-0.4, -0.2) is 25.0 Å². The van der Waals surface area contributed by atoms with Crippen molar-refractivity contribution in [3.05, 3.63) is 54.7 Å². The second-order valence-electron chi connectivity index (χ2n) is 5.30. The number of aromatic amines is 1. The summed E-state index contributed by atoms with van der Waals surface area (Å²) in [6, 6.07) is 11.1. The number of nitrogens with two attached hydrogens (primary N) is 1. The molecule has 0 spiro atoms. The topological polar surface area (TPSA) is 98.1 Å². The summed E-state index contributed by atoms with van der Waals surface area (Å²) in [5.41, 5.74) is 2.46. The van der Waals surface area contributed by atoms with E-state index < -0.39 is 16.4 Å². The van der Waals surface area contributed by atoms with Crippen molar-refractivity contribution in [2.75, 3.05) is 0 Å². The zero-order chi connectivity index (χ0) is 18.9. The first kappa shape index (κ1) is 18.0. The molecule has 0 radical (unpaired) electrons. The third-order valence-electron chi connectivity index (χ3n) is 3.51. The van der Waals surface area contributed by atoms with Gasteiger partial charge in [-0.25, -0.2) is 13.6 Å². The largest absolute Gasteiger partial charge is 0.573 e. The van der Waals surface area contributed by atoms with Crippen LogP contribution in [0.5, 0.6) is 5.75 Å². The fourth-order valence-corrected chi connectivity index (χ4v) is 2.89. The molecule has 3 N–H and O–H groups in total. The third-order valence-corrected chi connectivity index (χ3v) is 4.44. The molecule has 1 heterocycles. The summed E-state index contributed by atoms with van der Waals surface area (Å²) in [6.45, 7) is 0. The summed E-state index contributed by atoms with van der Waals surface area (Å²) in [4.78, 5) is -0.0315. The van der Waals surface area contributed by atoms with Gasteiger partial charge in [-0.05, 0) is 29.8 Å². The minimum atomic E-state index is -4.76. The Kier molecular flexibility index (Phi) is 4.46. The van der Waals surface area contributed by atoms with E-state index in [1.807, 2.05) is 0 Å². The molecule has 0 atom stereocenters. The van der Waals surface area contributed by atoms with Crippen molar-refractivity contribution in [2.24, 2.45) is 5.14 Å². The Morgan fingerprint density at radius 2 is 1.54 bits per heavy atom. The van der Waals surface area contributed by atoms with Gasteiger partial charge in [0.05, 0.1) is 16.8 Å². The lowest BCUT2D eigenvalue weighted by Crippen LogP contribution is -2.16. The van der Waals surface area contributed by atoms with E-state index in [1.165, 1.54) is 42.6 Å². The summed E-state index contributed by atoms with van der Waals surface area (Å²) in [7, 11) is -3.80. The van der Waals surface area contributed by atoms with Gasteiger partial charge in [-0.1, -0.05) is 24.3 Å². The molecule has 0 amide bonds. The van der Waals surface area contributed by atoms with Crippen molar-refractivity contribution in [1.82, 2.24) is 10.2 Å². The number of sulfonamides is 1. The lowest BCUT2D eigenvalue weighted by Gasteiger charge is -2.09. The number of nitrogens with one attached hydrogen (secondary N) is 1. The first-order valence-electron chi connectivity index (χ1n) is 7.16. The number of hydrogen-bond donors (Lipinski definition) is 2. The van der Waals surface area contributed by atoms with Crippen molar-refractivity contribution in [1.29, 1.82) is 0 Å². The minimum absolute atomic E-state index is 0.0315. The number of H-pyrrole nitrogens is 1. The summed E-state index contributed by atoms with van der Waals surface area (Å²) >= 11 is 0. The van der Waals surface area contributed by atoms with Crippen molar-refractivity contribution in [3.8, 4) is 28.1 Å². The monoisotopic (exact) mass is 383 g/mol. The van der Waals surface area contributed by atoms with E-state index in [9.17, 15) is 21.6 Å². The van der Waals surface area contributed by atoms with E-state index in [0.29, 0.717) is 22.4 Å². The number of nitrogens with zero attached hydrogens (tertiary/aromatic N) is 1. The fraction of sp³-hybridized carbons (Fsp3) is 0.0625. The standard InChI is InChI=1S/C16H12F3N3O3S/c17-16(18,19)25-12-5-1-10(2-6-12)14-9-21-22-15(14)11-3-7-13(8-4-11)26(20,23)24/h1-9H,(H,21,22)(H2,20,23,24). The number of ether oxygens (including phenoxy) is 1. The molecule has 10 heteroatoms. The molecule has 6 nitrogen and oxygen atoms in total. The number of aromatic nitrogens is 2. The average molecular weight is 383 g/mol. The summed E-state index contributed by atoms with van der Waals surface area (Å²) in [5, 5.41) is 11.8. The molecular formula is C16H12F3N3O3S. The molecule has 3 aromatic rings. The molecule has 26 heavy (non-hydrogen) atoms. The fourth-order valence-electron chi connectivity index (χ4n) is 2.37. The zero-order valence-electron chi connectivity index (χ0n) is 13.0. The molecular weight excluding hydrogens is 371 g/mol. The molecule has 0 unspecified atom stereocenters. The zero-order valence-corrected chi connectivity index (χ0v) is 13.8. The van der Waals surface area contributed by atoms with Crippen LogP contribution >= 0.6 is 0 Å². The SMILES string of the molecule is NS(=O)(=O)c1ccc(-c2[nH]ncc2-c2ccc(OC(F)(F)F)cc2)cc1. The van der Waals surface area contributed by atoms with Gasteiger partial charge in [0.2, 0.25) is 10.0 Å². The highest BCUT2D eigenvalue weighted by molar-refractivity contribution is 7.89. The highest BCUT2D eigenvalue weighted by atomic mass is 32.2. The number of halogens is 3. The smallest absolute Gasteiger partial charge is 0.406 e. The number of alkyl halides is 3. The second-order valence-corrected chi connectivity index (χ2v) is 6.86. The van der Waals surface area contributed by atoms with Gasteiger partial charge in [0.25, 0.3) is 0 Å². The molecule has 2 aromatic carbocycles. The van der Waals surface area contributed by atoms with Gasteiger partial charge >= 0.3 is 6.36 Å². The number of benzene rings is 2. The van der Waals surface area contributed by atoms with Crippen molar-refractivity contribution < 1.29 is 26.3 Å². The van der Waals surface area contributed by atoms with Gasteiger partial charge in [-0.3, -0.25) is 5.10 Å². The Labute approximate surface area is 146 Å². The highest BCUT2D eigenvalue weighted by Gasteiger charge is 2.31. The molecule has 3 rings (SSSR count). The van der Waals surface area contributed by atoms with Crippen molar-refractivity contribution in [3.63, 3.8) is 0 Å². The van der Waals surface area contributed by atoms with Crippen LogP contribution in [0.4, 0.5) is 13.2 Å². The predicted molar refractivity (Wildman–Crippen MR) is 87.5 cm³/mol. The van der Waals surface area contributed by atoms with Crippen LogP contribution in [0.25, 0.3) is 22.4 Å². The lowest BCUT2D eigenvalue weighted by atomic mass is 10.0. The van der Waals surface area contributed by atoms with Crippen LogP contribution in [-0.2, 0) is 10.0 Å². The molecule has 0 saturated carbocycles. The molecule has 0 aliphatic carbocycles. The molecule has 0 saturated heterocycles. The summed E-state index contributed by atoms with van der Waals surface area (Å²) in [6.07, 6.45) is -3.24. The van der Waals surface area contributed by atoms with E-state index >= 15 is 0 Å². The quantitative estimate of drug-likeness (QED) is 0.722. The first-order valence-corrected chi connectivity index (χ1v) is 8.71. The Morgan fingerprint density at radius 1 is 0.962 bits per heavy atom. The molecule has 0 bridgehead atoms. The van der Waals surface area contributed by atoms with E-state index in [1.54, 1.807) is 12.1 Å². The van der Waals surface area contributed by atoms with Gasteiger partial charge < -0.3 is 4.74 Å². The summed E-state index contributed by atoms with van der Waals surface area (Å²) < 4.78 is 63.2. The third kappa shape index (κ3) is 4.03. The van der Waals surface area contributed by atoms with E-state index in [4.69, 9.17) is 5.14 Å². The van der Waals surface area contributed by atoms with Crippen molar-refractivity contribution >= 4 is 10.0 Å². The van der Waals surface area contributed by atoms with Gasteiger partial charge in [0.15, 0.2) is 0 Å². The molecule has 0 aliphatic rings. The number of primary sulfonamides is 1. The van der Waals surface area contributed by atoms with Crippen LogP contribution in [0.2, 0.25) is 0 Å². The second kappa shape index (κ2) is 6.46. The van der Waals surface area contributed by atoms with E-state index in [0.717, 1.165) is 0 Å². The molecule has 136 valence electrons. The van der Waals surface area contributed by atoms with Gasteiger partial charge in [0, 0.05) is 11.1 Å².